The van der Waals surface area contributed by atoms with Gasteiger partial charge in [0.1, 0.15) is 4.90 Å². The zero-order chi connectivity index (χ0) is 21.4. The number of carbonyl (C=O) groups excluding carboxylic acids is 2. The van der Waals surface area contributed by atoms with Crippen molar-refractivity contribution in [2.24, 2.45) is 5.92 Å². The predicted molar refractivity (Wildman–Crippen MR) is 112 cm³/mol. The number of carbonyl (C=O) groups is 2. The topological polar surface area (TPSA) is 92.8 Å². The molecule has 0 radical (unpaired) electrons. The largest absolute Gasteiger partial charge is 0.456 e. The second kappa shape index (κ2) is 10.9. The van der Waals surface area contributed by atoms with Gasteiger partial charge in [-0.3, -0.25) is 9.59 Å². The first-order valence-electron chi connectivity index (χ1n) is 9.87. The SMILES string of the molecule is CN(C)S(=O)(=O)c1cc(NC(=O)COC(=O)CCCC2CCCCC2)ccc1Cl. The highest BCUT2D eigenvalue weighted by molar-refractivity contribution is 7.89. The van der Waals surface area contributed by atoms with Crippen molar-refractivity contribution in [2.75, 3.05) is 26.0 Å². The lowest BCUT2D eigenvalue weighted by molar-refractivity contribution is -0.147. The van der Waals surface area contributed by atoms with E-state index in [1.54, 1.807) is 0 Å². The minimum absolute atomic E-state index is 0.0566. The minimum Gasteiger partial charge on any atom is -0.456 e. The Balaban J connectivity index is 1.79. The van der Waals surface area contributed by atoms with Crippen LogP contribution in [0.4, 0.5) is 5.69 Å². The van der Waals surface area contributed by atoms with Crippen LogP contribution in [0.2, 0.25) is 5.02 Å². The summed E-state index contributed by atoms with van der Waals surface area (Å²) in [5.41, 5.74) is 0.258. The number of amides is 1. The number of hydrogen-bond acceptors (Lipinski definition) is 5. The van der Waals surface area contributed by atoms with E-state index in [1.807, 2.05) is 0 Å². The molecule has 0 aromatic heterocycles. The smallest absolute Gasteiger partial charge is 0.306 e. The fourth-order valence-corrected chi connectivity index (χ4v) is 4.80. The van der Waals surface area contributed by atoms with Crippen LogP contribution in [-0.4, -0.2) is 45.3 Å². The molecule has 1 fully saturated rings. The van der Waals surface area contributed by atoms with E-state index < -0.39 is 28.5 Å². The van der Waals surface area contributed by atoms with Crippen molar-refractivity contribution < 1.29 is 22.7 Å². The summed E-state index contributed by atoms with van der Waals surface area (Å²) >= 11 is 5.98. The molecule has 162 valence electrons. The Bertz CT molecular complexity index is 820. The molecule has 0 saturated heterocycles. The quantitative estimate of drug-likeness (QED) is 0.584. The van der Waals surface area contributed by atoms with Crippen LogP contribution in [0.15, 0.2) is 23.1 Å². The van der Waals surface area contributed by atoms with E-state index in [-0.39, 0.29) is 15.6 Å². The zero-order valence-corrected chi connectivity index (χ0v) is 18.5. The predicted octanol–water partition coefficient (Wildman–Crippen LogP) is 3.82. The van der Waals surface area contributed by atoms with Crippen LogP contribution in [0, 0.1) is 5.92 Å². The van der Waals surface area contributed by atoms with Crippen LogP contribution in [-0.2, 0) is 24.3 Å². The Hall–Kier alpha value is -1.64. The minimum atomic E-state index is -3.75. The van der Waals surface area contributed by atoms with E-state index in [0.717, 1.165) is 17.1 Å². The molecular formula is C20H29ClN2O5S. The molecule has 9 heteroatoms. The number of ether oxygens (including phenoxy) is 1. The zero-order valence-electron chi connectivity index (χ0n) is 16.9. The third-order valence-electron chi connectivity index (χ3n) is 5.06. The lowest BCUT2D eigenvalue weighted by Gasteiger charge is -2.20. The molecule has 0 heterocycles. The summed E-state index contributed by atoms with van der Waals surface area (Å²) in [4.78, 5) is 23.8. The van der Waals surface area contributed by atoms with Crippen LogP contribution >= 0.6 is 11.6 Å². The number of nitrogens with one attached hydrogen (secondary N) is 1. The molecule has 29 heavy (non-hydrogen) atoms. The maximum absolute atomic E-state index is 12.3. The van der Waals surface area contributed by atoms with Crippen molar-refractivity contribution in [2.45, 2.75) is 56.3 Å². The van der Waals surface area contributed by atoms with Gasteiger partial charge in [0.25, 0.3) is 5.91 Å². The first-order valence-corrected chi connectivity index (χ1v) is 11.7. The van der Waals surface area contributed by atoms with Crippen LogP contribution < -0.4 is 5.32 Å². The number of sulfonamides is 1. The third-order valence-corrected chi connectivity index (χ3v) is 7.35. The number of esters is 1. The van der Waals surface area contributed by atoms with Crippen molar-refractivity contribution in [3.8, 4) is 0 Å². The Morgan fingerprint density at radius 2 is 1.90 bits per heavy atom. The van der Waals surface area contributed by atoms with E-state index in [4.69, 9.17) is 16.3 Å². The van der Waals surface area contributed by atoms with Gasteiger partial charge in [-0.2, -0.15) is 0 Å². The van der Waals surface area contributed by atoms with E-state index in [0.29, 0.717) is 12.3 Å². The summed E-state index contributed by atoms with van der Waals surface area (Å²) in [5.74, 6) is -0.235. The summed E-state index contributed by atoms with van der Waals surface area (Å²) in [7, 11) is -0.960. The molecule has 0 unspecified atom stereocenters. The molecule has 1 saturated carbocycles. The van der Waals surface area contributed by atoms with Gasteiger partial charge in [0, 0.05) is 26.2 Å². The molecule has 1 aromatic rings. The first kappa shape index (κ1) is 23.6. The maximum Gasteiger partial charge on any atom is 0.306 e. The summed E-state index contributed by atoms with van der Waals surface area (Å²) in [6.07, 6.45) is 8.44. The lowest BCUT2D eigenvalue weighted by Crippen LogP contribution is -2.23. The molecular weight excluding hydrogens is 416 g/mol. The first-order chi connectivity index (χ1) is 13.7. The number of nitrogens with zero attached hydrogens (tertiary/aromatic N) is 1. The highest BCUT2D eigenvalue weighted by Gasteiger charge is 2.21. The highest BCUT2D eigenvalue weighted by Crippen LogP contribution is 2.28. The van der Waals surface area contributed by atoms with Gasteiger partial charge in [-0.15, -0.1) is 0 Å². The van der Waals surface area contributed by atoms with Crippen molar-refractivity contribution in [1.29, 1.82) is 0 Å². The van der Waals surface area contributed by atoms with E-state index in [2.05, 4.69) is 5.32 Å². The third kappa shape index (κ3) is 7.28. The second-order valence-corrected chi connectivity index (χ2v) is 10.1. The monoisotopic (exact) mass is 444 g/mol. The molecule has 0 bridgehead atoms. The van der Waals surface area contributed by atoms with Crippen molar-refractivity contribution in [1.82, 2.24) is 4.31 Å². The van der Waals surface area contributed by atoms with Gasteiger partial charge in [0.05, 0.1) is 5.02 Å². The maximum atomic E-state index is 12.3. The summed E-state index contributed by atoms with van der Waals surface area (Å²) in [6.45, 7) is -0.416. The number of halogens is 1. The standard InChI is InChI=1S/C20H29ClN2O5S/c1-23(2)29(26,27)18-13-16(11-12-17(18)21)22-19(24)14-28-20(25)10-6-9-15-7-4-3-5-8-15/h11-13,15H,3-10,14H2,1-2H3,(H,22,24). The van der Waals surface area contributed by atoms with Gasteiger partial charge < -0.3 is 10.1 Å². The Labute approximate surface area is 177 Å². The average Bonchev–Trinajstić information content (AvgIpc) is 2.68. The van der Waals surface area contributed by atoms with E-state index in [9.17, 15) is 18.0 Å². The summed E-state index contributed by atoms with van der Waals surface area (Å²) in [5, 5.41) is 2.58. The highest BCUT2D eigenvalue weighted by atomic mass is 35.5. The normalized spacial score (nSPS) is 15.3. The molecule has 1 aliphatic rings. The Kier molecular flexibility index (Phi) is 8.92. The lowest BCUT2D eigenvalue weighted by atomic mass is 9.86. The van der Waals surface area contributed by atoms with Gasteiger partial charge in [-0.05, 0) is 37.0 Å². The Morgan fingerprint density at radius 3 is 2.55 bits per heavy atom. The van der Waals surface area contributed by atoms with E-state index >= 15 is 0 Å². The molecule has 0 spiro atoms. The van der Waals surface area contributed by atoms with Crippen LogP contribution in [0.5, 0.6) is 0 Å². The molecule has 1 aliphatic carbocycles. The second-order valence-electron chi connectivity index (χ2n) is 7.54. The number of rotatable bonds is 9. The molecule has 0 aliphatic heterocycles. The van der Waals surface area contributed by atoms with Gasteiger partial charge in [-0.25, -0.2) is 12.7 Å². The van der Waals surface area contributed by atoms with Crippen molar-refractivity contribution >= 4 is 39.2 Å². The van der Waals surface area contributed by atoms with Crippen LogP contribution in [0.1, 0.15) is 51.4 Å². The molecule has 2 rings (SSSR count). The van der Waals surface area contributed by atoms with Gasteiger partial charge >= 0.3 is 5.97 Å². The van der Waals surface area contributed by atoms with Crippen LogP contribution in [0.3, 0.4) is 0 Å². The fourth-order valence-electron chi connectivity index (χ4n) is 3.40. The number of benzene rings is 1. The van der Waals surface area contributed by atoms with Crippen molar-refractivity contribution in [3.05, 3.63) is 23.2 Å². The number of hydrogen-bond donors (Lipinski definition) is 1. The number of anilines is 1. The van der Waals surface area contributed by atoms with Crippen LogP contribution in [0.25, 0.3) is 0 Å². The molecule has 1 aromatic carbocycles. The fraction of sp³-hybridized carbons (Fsp3) is 0.600. The molecule has 0 atom stereocenters. The van der Waals surface area contributed by atoms with E-state index in [1.165, 1.54) is 64.4 Å². The summed E-state index contributed by atoms with van der Waals surface area (Å²) < 4.78 is 30.6. The summed E-state index contributed by atoms with van der Waals surface area (Å²) in [6, 6.07) is 4.16. The average molecular weight is 445 g/mol. The van der Waals surface area contributed by atoms with Gasteiger partial charge in [0.2, 0.25) is 10.0 Å². The molecule has 7 nitrogen and oxygen atoms in total. The van der Waals surface area contributed by atoms with Gasteiger partial charge in [0.15, 0.2) is 6.61 Å². The molecule has 1 N–H and O–H groups in total. The molecule has 1 amide bonds. The van der Waals surface area contributed by atoms with Gasteiger partial charge in [-0.1, -0.05) is 43.7 Å². The van der Waals surface area contributed by atoms with Crippen molar-refractivity contribution in [3.63, 3.8) is 0 Å². The Morgan fingerprint density at radius 1 is 1.21 bits per heavy atom.